The Morgan fingerprint density at radius 1 is 1.31 bits per heavy atom. The highest BCUT2D eigenvalue weighted by Gasteiger charge is 2.13. The molecule has 0 heterocycles. The monoisotopic (exact) mass is 216 g/mol. The van der Waals surface area contributed by atoms with Crippen molar-refractivity contribution in [3.63, 3.8) is 0 Å². The van der Waals surface area contributed by atoms with Gasteiger partial charge in [0.05, 0.1) is 0 Å². The van der Waals surface area contributed by atoms with Gasteiger partial charge in [-0.2, -0.15) is 0 Å². The third-order valence-corrected chi connectivity index (χ3v) is 3.31. The van der Waals surface area contributed by atoms with Gasteiger partial charge in [-0.1, -0.05) is 29.8 Å². The molecule has 0 fully saturated rings. The molecule has 0 aliphatic heterocycles. The van der Waals surface area contributed by atoms with E-state index in [-0.39, 0.29) is 6.04 Å². The van der Waals surface area contributed by atoms with E-state index in [0.717, 1.165) is 19.3 Å². The average Bonchev–Trinajstić information content (AvgIpc) is 2.30. The standard InChI is InChI=1S/C14H20N2/c1-10-3-2-4-12-6-5-11(8-14(10)12)7-13(16)9-15/h2-4,8,13H,5-7,9,15-16H2,1H3/t13-/m1/s1. The van der Waals surface area contributed by atoms with Gasteiger partial charge in [-0.15, -0.1) is 0 Å². The van der Waals surface area contributed by atoms with Crippen molar-refractivity contribution in [1.29, 1.82) is 0 Å². The molecule has 86 valence electrons. The van der Waals surface area contributed by atoms with Crippen LogP contribution < -0.4 is 11.5 Å². The Hall–Kier alpha value is -1.12. The molecule has 2 nitrogen and oxygen atoms in total. The molecule has 16 heavy (non-hydrogen) atoms. The second kappa shape index (κ2) is 4.81. The van der Waals surface area contributed by atoms with Crippen LogP contribution in [0, 0.1) is 6.92 Å². The zero-order chi connectivity index (χ0) is 11.5. The number of benzene rings is 1. The van der Waals surface area contributed by atoms with Gasteiger partial charge in [-0.25, -0.2) is 0 Å². The molecule has 0 unspecified atom stereocenters. The van der Waals surface area contributed by atoms with E-state index in [0.29, 0.717) is 6.54 Å². The number of hydrogen-bond acceptors (Lipinski definition) is 2. The maximum Gasteiger partial charge on any atom is 0.0200 e. The third kappa shape index (κ3) is 2.34. The minimum Gasteiger partial charge on any atom is -0.329 e. The van der Waals surface area contributed by atoms with Crippen LogP contribution in [-0.2, 0) is 6.42 Å². The highest BCUT2D eigenvalue weighted by atomic mass is 14.7. The molecule has 1 aliphatic rings. The van der Waals surface area contributed by atoms with Crippen LogP contribution >= 0.6 is 0 Å². The van der Waals surface area contributed by atoms with Crippen LogP contribution in [0.15, 0.2) is 23.8 Å². The molecule has 0 amide bonds. The first-order chi connectivity index (χ1) is 7.70. The maximum absolute atomic E-state index is 5.90. The van der Waals surface area contributed by atoms with E-state index in [1.54, 1.807) is 0 Å². The van der Waals surface area contributed by atoms with Gasteiger partial charge in [0.25, 0.3) is 0 Å². The van der Waals surface area contributed by atoms with Gasteiger partial charge in [0.15, 0.2) is 0 Å². The normalized spacial score (nSPS) is 16.6. The molecule has 0 saturated carbocycles. The molecule has 0 spiro atoms. The van der Waals surface area contributed by atoms with Crippen molar-refractivity contribution < 1.29 is 0 Å². The Morgan fingerprint density at radius 3 is 2.88 bits per heavy atom. The van der Waals surface area contributed by atoms with E-state index in [1.807, 2.05) is 0 Å². The first kappa shape index (κ1) is 11.4. The fraction of sp³-hybridized carbons (Fsp3) is 0.429. The summed E-state index contributed by atoms with van der Waals surface area (Å²) in [6.07, 6.45) is 5.51. The van der Waals surface area contributed by atoms with Crippen molar-refractivity contribution in [3.8, 4) is 0 Å². The van der Waals surface area contributed by atoms with Crippen LogP contribution in [0.25, 0.3) is 6.08 Å². The fourth-order valence-corrected chi connectivity index (χ4v) is 2.32. The van der Waals surface area contributed by atoms with Gasteiger partial charge in [0.1, 0.15) is 0 Å². The lowest BCUT2D eigenvalue weighted by Crippen LogP contribution is -2.30. The lowest BCUT2D eigenvalue weighted by atomic mass is 9.87. The van der Waals surface area contributed by atoms with Crippen LogP contribution in [0.5, 0.6) is 0 Å². The average molecular weight is 216 g/mol. The Balaban J connectivity index is 2.23. The zero-order valence-corrected chi connectivity index (χ0v) is 9.87. The van der Waals surface area contributed by atoms with E-state index in [4.69, 9.17) is 11.5 Å². The number of aryl methyl sites for hydroxylation is 2. The van der Waals surface area contributed by atoms with Gasteiger partial charge in [-0.05, 0) is 42.9 Å². The van der Waals surface area contributed by atoms with Gasteiger partial charge in [0, 0.05) is 12.6 Å². The molecule has 1 aromatic rings. The second-order valence-corrected chi connectivity index (χ2v) is 4.65. The van der Waals surface area contributed by atoms with Gasteiger partial charge in [-0.3, -0.25) is 0 Å². The topological polar surface area (TPSA) is 52.0 Å². The summed E-state index contributed by atoms with van der Waals surface area (Å²) in [5.41, 5.74) is 17.1. The predicted octanol–water partition coefficient (Wildman–Crippen LogP) is 2.00. The van der Waals surface area contributed by atoms with Crippen LogP contribution in [0.2, 0.25) is 0 Å². The molecular formula is C14H20N2. The first-order valence-corrected chi connectivity index (χ1v) is 5.94. The minimum absolute atomic E-state index is 0.108. The van der Waals surface area contributed by atoms with E-state index in [9.17, 15) is 0 Å². The van der Waals surface area contributed by atoms with Gasteiger partial charge >= 0.3 is 0 Å². The quantitative estimate of drug-likeness (QED) is 0.812. The number of rotatable bonds is 3. The van der Waals surface area contributed by atoms with E-state index >= 15 is 0 Å². The smallest absolute Gasteiger partial charge is 0.0200 e. The van der Waals surface area contributed by atoms with Crippen LogP contribution in [0.1, 0.15) is 29.5 Å². The molecule has 2 rings (SSSR count). The molecule has 2 heteroatoms. The molecule has 1 aromatic carbocycles. The van der Waals surface area contributed by atoms with Crippen molar-refractivity contribution in [2.75, 3.05) is 6.54 Å². The lowest BCUT2D eigenvalue weighted by molar-refractivity contribution is 0.655. The van der Waals surface area contributed by atoms with Crippen LogP contribution in [-0.4, -0.2) is 12.6 Å². The largest absolute Gasteiger partial charge is 0.329 e. The fourth-order valence-electron chi connectivity index (χ4n) is 2.32. The van der Waals surface area contributed by atoms with Crippen LogP contribution in [0.3, 0.4) is 0 Å². The van der Waals surface area contributed by atoms with Crippen molar-refractivity contribution in [1.82, 2.24) is 0 Å². The summed E-state index contributed by atoms with van der Waals surface area (Å²) in [4.78, 5) is 0. The van der Waals surface area contributed by atoms with E-state index in [2.05, 4.69) is 31.2 Å². The molecule has 0 aromatic heterocycles. The predicted molar refractivity (Wildman–Crippen MR) is 69.1 cm³/mol. The molecule has 1 aliphatic carbocycles. The summed E-state index contributed by atoms with van der Waals surface area (Å²) in [5.74, 6) is 0. The van der Waals surface area contributed by atoms with Crippen molar-refractivity contribution >= 4 is 6.08 Å². The second-order valence-electron chi connectivity index (χ2n) is 4.65. The Kier molecular flexibility index (Phi) is 3.42. The van der Waals surface area contributed by atoms with Crippen molar-refractivity contribution in [2.45, 2.75) is 32.2 Å². The third-order valence-electron chi connectivity index (χ3n) is 3.31. The summed E-state index contributed by atoms with van der Waals surface area (Å²) in [7, 11) is 0. The molecular weight excluding hydrogens is 196 g/mol. The van der Waals surface area contributed by atoms with E-state index in [1.165, 1.54) is 22.3 Å². The first-order valence-electron chi connectivity index (χ1n) is 5.94. The van der Waals surface area contributed by atoms with E-state index < -0.39 is 0 Å². The van der Waals surface area contributed by atoms with Gasteiger partial charge in [0.2, 0.25) is 0 Å². The summed E-state index contributed by atoms with van der Waals surface area (Å²) < 4.78 is 0. The maximum atomic E-state index is 5.90. The Labute approximate surface area is 97.3 Å². The molecule has 4 N–H and O–H groups in total. The van der Waals surface area contributed by atoms with Crippen molar-refractivity contribution in [3.05, 3.63) is 40.5 Å². The Morgan fingerprint density at radius 2 is 2.12 bits per heavy atom. The highest BCUT2D eigenvalue weighted by molar-refractivity contribution is 5.62. The lowest BCUT2D eigenvalue weighted by Gasteiger charge is -2.20. The number of hydrogen-bond donors (Lipinski definition) is 2. The summed E-state index contributed by atoms with van der Waals surface area (Å²) in [6, 6.07) is 6.63. The number of fused-ring (bicyclic) bond motifs is 1. The Bertz CT molecular complexity index is 407. The molecule has 0 bridgehead atoms. The number of nitrogens with two attached hydrogens (primary N) is 2. The minimum atomic E-state index is 0.108. The highest BCUT2D eigenvalue weighted by Crippen LogP contribution is 2.28. The molecule has 0 radical (unpaired) electrons. The summed E-state index contributed by atoms with van der Waals surface area (Å²) in [6.45, 7) is 2.74. The van der Waals surface area contributed by atoms with Gasteiger partial charge < -0.3 is 11.5 Å². The zero-order valence-electron chi connectivity index (χ0n) is 9.87. The van der Waals surface area contributed by atoms with Crippen molar-refractivity contribution in [2.24, 2.45) is 11.5 Å². The molecule has 0 saturated heterocycles. The summed E-state index contributed by atoms with van der Waals surface area (Å²) >= 11 is 0. The molecule has 1 atom stereocenters. The summed E-state index contributed by atoms with van der Waals surface area (Å²) in [5, 5.41) is 0. The van der Waals surface area contributed by atoms with Crippen LogP contribution in [0.4, 0.5) is 0 Å². The SMILES string of the molecule is Cc1cccc2c1C=C(C[C@@H](N)CN)CC2.